The van der Waals surface area contributed by atoms with Gasteiger partial charge in [0.1, 0.15) is 0 Å². The summed E-state index contributed by atoms with van der Waals surface area (Å²) in [6, 6.07) is 11.5. The normalized spacial score (nSPS) is 13.3. The van der Waals surface area contributed by atoms with Crippen LogP contribution in [-0.2, 0) is 17.1 Å². The van der Waals surface area contributed by atoms with Crippen LogP contribution in [0, 0.1) is 13.8 Å². The fraction of sp³-hybridized carbons (Fsp3) is 0.324. The van der Waals surface area contributed by atoms with E-state index in [4.69, 9.17) is 0 Å². The van der Waals surface area contributed by atoms with E-state index in [9.17, 15) is 13.6 Å². The van der Waals surface area contributed by atoms with Gasteiger partial charge in [-0.3, -0.25) is 4.79 Å². The van der Waals surface area contributed by atoms with Gasteiger partial charge in [-0.15, -0.1) is 6.58 Å². The Bertz CT molecular complexity index is 1280. The van der Waals surface area contributed by atoms with E-state index in [0.29, 0.717) is 29.5 Å². The van der Waals surface area contributed by atoms with E-state index < -0.39 is 5.92 Å². The summed E-state index contributed by atoms with van der Waals surface area (Å²) in [5, 5.41) is 0. The molecule has 0 spiro atoms. The second-order valence-corrected chi connectivity index (χ2v) is 10.1. The molecule has 0 saturated carbocycles. The molecule has 0 N–H and O–H groups in total. The highest BCUT2D eigenvalue weighted by Gasteiger charge is 2.26. The maximum absolute atomic E-state index is 14.1. The van der Waals surface area contributed by atoms with Crippen molar-refractivity contribution in [3.63, 3.8) is 0 Å². The highest BCUT2D eigenvalue weighted by Crippen LogP contribution is 2.32. The second-order valence-electron chi connectivity index (χ2n) is 10.1. The summed E-state index contributed by atoms with van der Waals surface area (Å²) in [5.41, 5.74) is 8.63. The van der Waals surface area contributed by atoms with Crippen molar-refractivity contribution in [3.05, 3.63) is 118 Å². The second kappa shape index (κ2) is 12.8. The fourth-order valence-electron chi connectivity index (χ4n) is 4.35. The van der Waals surface area contributed by atoms with Gasteiger partial charge < -0.3 is 0 Å². The molecule has 2 rings (SSSR count). The molecular weight excluding hydrogens is 462 g/mol. The lowest BCUT2D eigenvalue weighted by molar-refractivity contribution is -0.115. The van der Waals surface area contributed by atoms with Crippen LogP contribution in [0.4, 0.5) is 8.78 Å². The zero-order valence-electron chi connectivity index (χ0n) is 23.4. The van der Waals surface area contributed by atoms with Crippen molar-refractivity contribution in [3.8, 4) is 0 Å². The van der Waals surface area contributed by atoms with E-state index in [1.807, 2.05) is 39.0 Å². The minimum Gasteiger partial charge on any atom is -0.294 e. The summed E-state index contributed by atoms with van der Waals surface area (Å²) in [4.78, 5) is 13.4. The Morgan fingerprint density at radius 1 is 0.973 bits per heavy atom. The molecule has 0 heterocycles. The molecule has 3 heteroatoms. The SMILES string of the molecule is C=C\C(=C/C(C(=O)CCC(=C)C)=C(C)/C=C(\C)c1ccc(C)c(C(C)(F)F)c1)c1cc(C)cc(CC)c1. The van der Waals surface area contributed by atoms with Crippen LogP contribution in [0.1, 0.15) is 80.8 Å². The summed E-state index contributed by atoms with van der Waals surface area (Å²) >= 11 is 0. The van der Waals surface area contributed by atoms with Gasteiger partial charge in [-0.05, 0) is 98.6 Å². The van der Waals surface area contributed by atoms with Gasteiger partial charge in [-0.25, -0.2) is 8.78 Å². The summed E-state index contributed by atoms with van der Waals surface area (Å²) in [6.07, 6.45) is 7.45. The Kier molecular flexibility index (Phi) is 10.3. The van der Waals surface area contributed by atoms with Gasteiger partial charge in [0.15, 0.2) is 5.78 Å². The number of benzene rings is 2. The van der Waals surface area contributed by atoms with E-state index >= 15 is 0 Å². The Morgan fingerprint density at radius 2 is 1.65 bits per heavy atom. The largest absolute Gasteiger partial charge is 0.294 e. The minimum absolute atomic E-state index is 0.0111. The van der Waals surface area contributed by atoms with Crippen molar-refractivity contribution >= 4 is 16.9 Å². The number of alkyl halides is 2. The number of rotatable bonds is 11. The average Bonchev–Trinajstić information content (AvgIpc) is 2.82. The lowest BCUT2D eigenvalue weighted by atomic mass is 9.92. The van der Waals surface area contributed by atoms with E-state index in [1.165, 1.54) is 5.56 Å². The van der Waals surface area contributed by atoms with Crippen LogP contribution in [0.25, 0.3) is 11.1 Å². The lowest BCUT2D eigenvalue weighted by Gasteiger charge is -2.16. The summed E-state index contributed by atoms with van der Waals surface area (Å²) in [5.74, 6) is -2.92. The van der Waals surface area contributed by atoms with Crippen molar-refractivity contribution in [2.45, 2.75) is 73.7 Å². The maximum atomic E-state index is 14.1. The monoisotopic (exact) mass is 502 g/mol. The molecule has 2 aromatic carbocycles. The first-order chi connectivity index (χ1) is 17.3. The van der Waals surface area contributed by atoms with Crippen molar-refractivity contribution in [1.82, 2.24) is 0 Å². The standard InChI is InChI=1S/C34H40F2O/c1-10-27-16-23(5)17-30(19-27)28(11-2)20-31(33(37)15-12-22(3)4)26(8)18-25(7)29-14-13-24(6)32(21-29)34(9,35)36/h11,13-14,16-21H,2-3,10,12,15H2,1,4-9H3/b25-18+,28-20+,31-26-. The quantitative estimate of drug-likeness (QED) is 0.170. The van der Waals surface area contributed by atoms with Crippen molar-refractivity contribution in [1.29, 1.82) is 0 Å². The van der Waals surface area contributed by atoms with E-state index in [-0.39, 0.29) is 11.3 Å². The first-order valence-electron chi connectivity index (χ1n) is 12.8. The highest BCUT2D eigenvalue weighted by molar-refractivity contribution is 6.02. The summed E-state index contributed by atoms with van der Waals surface area (Å²) in [6.45, 7) is 20.4. The molecule has 0 aliphatic heterocycles. The molecule has 1 nitrogen and oxygen atoms in total. The molecule has 0 radical (unpaired) electrons. The zero-order chi connectivity index (χ0) is 27.9. The molecule has 0 saturated heterocycles. The molecule has 0 aromatic heterocycles. The van der Waals surface area contributed by atoms with Gasteiger partial charge in [0.2, 0.25) is 0 Å². The molecule has 0 bridgehead atoms. The number of hydrogen-bond donors (Lipinski definition) is 0. The Hall–Kier alpha value is -3.33. The Morgan fingerprint density at radius 3 is 2.22 bits per heavy atom. The van der Waals surface area contributed by atoms with Gasteiger partial charge in [-0.1, -0.05) is 67.1 Å². The van der Waals surface area contributed by atoms with Crippen LogP contribution in [0.3, 0.4) is 0 Å². The number of carbonyl (C=O) groups excluding carboxylic acids is 1. The lowest BCUT2D eigenvalue weighted by Crippen LogP contribution is -2.09. The zero-order valence-corrected chi connectivity index (χ0v) is 23.4. The van der Waals surface area contributed by atoms with Gasteiger partial charge in [-0.2, -0.15) is 0 Å². The third-order valence-corrected chi connectivity index (χ3v) is 6.50. The van der Waals surface area contributed by atoms with Crippen molar-refractivity contribution in [2.75, 3.05) is 0 Å². The Balaban J connectivity index is 2.67. The molecule has 37 heavy (non-hydrogen) atoms. The van der Waals surface area contributed by atoms with Crippen LogP contribution in [0.5, 0.6) is 0 Å². The van der Waals surface area contributed by atoms with Crippen LogP contribution < -0.4 is 0 Å². The molecule has 0 amide bonds. The molecule has 2 aromatic rings. The Labute approximate surface area is 222 Å². The van der Waals surface area contributed by atoms with Crippen LogP contribution in [0.2, 0.25) is 0 Å². The van der Waals surface area contributed by atoms with E-state index in [2.05, 4.69) is 45.2 Å². The van der Waals surface area contributed by atoms with Crippen LogP contribution in [-0.4, -0.2) is 5.78 Å². The van der Waals surface area contributed by atoms with Crippen LogP contribution >= 0.6 is 0 Å². The molecule has 0 aliphatic rings. The third kappa shape index (κ3) is 8.35. The number of Topliss-reactive ketones (excluding diaryl/α,β-unsaturated/α-hetero) is 1. The molecular formula is C34H40F2O. The van der Waals surface area contributed by atoms with Crippen LogP contribution in [0.15, 0.2) is 84.5 Å². The van der Waals surface area contributed by atoms with Crippen molar-refractivity contribution in [2.24, 2.45) is 0 Å². The summed E-state index contributed by atoms with van der Waals surface area (Å²) in [7, 11) is 0. The number of halogens is 2. The number of ketones is 1. The molecule has 0 fully saturated rings. The highest BCUT2D eigenvalue weighted by atomic mass is 19.3. The number of aryl methyl sites for hydroxylation is 3. The minimum atomic E-state index is -2.93. The first kappa shape index (κ1) is 29.9. The molecule has 0 unspecified atom stereocenters. The topological polar surface area (TPSA) is 17.1 Å². The smallest absolute Gasteiger partial charge is 0.270 e. The van der Waals surface area contributed by atoms with E-state index in [1.54, 1.807) is 25.1 Å². The molecule has 0 atom stereocenters. The maximum Gasteiger partial charge on any atom is 0.270 e. The molecule has 0 aliphatic carbocycles. The predicted octanol–water partition coefficient (Wildman–Crippen LogP) is 9.89. The number of hydrogen-bond acceptors (Lipinski definition) is 1. The van der Waals surface area contributed by atoms with Gasteiger partial charge in [0.05, 0.1) is 0 Å². The third-order valence-electron chi connectivity index (χ3n) is 6.50. The van der Waals surface area contributed by atoms with Gasteiger partial charge in [0.25, 0.3) is 5.92 Å². The van der Waals surface area contributed by atoms with Gasteiger partial charge in [0, 0.05) is 24.5 Å². The number of carbonyl (C=O) groups is 1. The van der Waals surface area contributed by atoms with Gasteiger partial charge >= 0.3 is 0 Å². The predicted molar refractivity (Wildman–Crippen MR) is 155 cm³/mol. The number of allylic oxidation sites excluding steroid dienone is 8. The first-order valence-corrected chi connectivity index (χ1v) is 12.8. The van der Waals surface area contributed by atoms with Crippen molar-refractivity contribution < 1.29 is 13.6 Å². The fourth-order valence-corrected chi connectivity index (χ4v) is 4.35. The molecule has 196 valence electrons. The van der Waals surface area contributed by atoms with E-state index in [0.717, 1.165) is 46.8 Å². The average molecular weight is 503 g/mol. The summed E-state index contributed by atoms with van der Waals surface area (Å²) < 4.78 is 28.3.